The summed E-state index contributed by atoms with van der Waals surface area (Å²) in [5.74, 6) is 0. The Bertz CT molecular complexity index is 399. The van der Waals surface area contributed by atoms with Crippen molar-refractivity contribution < 1.29 is 0 Å². The maximum Gasteiger partial charge on any atom is -0.0197 e. The van der Waals surface area contributed by atoms with Gasteiger partial charge < -0.3 is 0 Å². The lowest BCUT2D eigenvalue weighted by molar-refractivity contribution is 1.48. The fourth-order valence-electron chi connectivity index (χ4n) is 1.08. The first-order valence-corrected chi connectivity index (χ1v) is 6.07. The molecule has 0 saturated heterocycles. The Morgan fingerprint density at radius 2 is 1.53 bits per heavy atom. The molecule has 0 heteroatoms. The third-order valence-electron chi connectivity index (χ3n) is 1.93. The van der Waals surface area contributed by atoms with Gasteiger partial charge in [-0.05, 0) is 26.0 Å². The van der Waals surface area contributed by atoms with Crippen molar-refractivity contribution in [3.63, 3.8) is 0 Å². The topological polar surface area (TPSA) is 0 Å². The first-order chi connectivity index (χ1) is 8.29. The monoisotopic (exact) mass is 226 g/mol. The Hall–Kier alpha value is -1.78. The zero-order chi connectivity index (χ0) is 12.9. The molecular formula is C17H22. The molecule has 17 heavy (non-hydrogen) atoms. The average molecular weight is 226 g/mol. The van der Waals surface area contributed by atoms with Crippen LogP contribution in [0.25, 0.3) is 0 Å². The van der Waals surface area contributed by atoms with E-state index in [1.54, 1.807) is 0 Å². The van der Waals surface area contributed by atoms with Crippen molar-refractivity contribution in [1.29, 1.82) is 0 Å². The number of allylic oxidation sites excluding steroid dienone is 5. The first-order valence-electron chi connectivity index (χ1n) is 6.07. The van der Waals surface area contributed by atoms with Gasteiger partial charge in [-0.3, -0.25) is 0 Å². The minimum Gasteiger partial charge on any atom is -0.121 e. The molecule has 0 atom stereocenters. The van der Waals surface area contributed by atoms with E-state index < -0.39 is 0 Å². The summed E-state index contributed by atoms with van der Waals surface area (Å²) in [6.07, 6.45) is 9.87. The second-order valence-corrected chi connectivity index (χ2v) is 3.42. The minimum absolute atomic E-state index is 1.27. The lowest BCUT2D eigenvalue weighted by Crippen LogP contribution is -1.62. The number of benzene rings is 1. The molecule has 1 aliphatic rings. The minimum atomic E-state index is 1.27. The lowest BCUT2D eigenvalue weighted by Gasteiger charge is -1.82. The van der Waals surface area contributed by atoms with Crippen molar-refractivity contribution in [1.82, 2.24) is 0 Å². The van der Waals surface area contributed by atoms with Crippen molar-refractivity contribution >= 4 is 0 Å². The zero-order valence-corrected chi connectivity index (χ0v) is 11.3. The van der Waals surface area contributed by atoms with Crippen LogP contribution in [-0.2, 0) is 0 Å². The molecule has 0 heterocycles. The molecular weight excluding hydrogens is 204 g/mol. The summed E-state index contributed by atoms with van der Waals surface area (Å²) in [7, 11) is 0. The van der Waals surface area contributed by atoms with Crippen LogP contribution in [-0.4, -0.2) is 0 Å². The molecule has 0 amide bonds. The molecule has 0 spiro atoms. The summed E-state index contributed by atoms with van der Waals surface area (Å²) in [6, 6.07) is 10.3. The van der Waals surface area contributed by atoms with Crippen LogP contribution in [0.1, 0.15) is 26.3 Å². The van der Waals surface area contributed by atoms with Gasteiger partial charge in [-0.1, -0.05) is 73.5 Å². The molecule has 0 bridgehead atoms. The van der Waals surface area contributed by atoms with Crippen LogP contribution in [0.15, 0.2) is 72.0 Å². The van der Waals surface area contributed by atoms with Gasteiger partial charge in [0.2, 0.25) is 0 Å². The van der Waals surface area contributed by atoms with E-state index in [2.05, 4.69) is 37.8 Å². The van der Waals surface area contributed by atoms with E-state index in [9.17, 15) is 0 Å². The van der Waals surface area contributed by atoms with Crippen molar-refractivity contribution in [3.8, 4) is 0 Å². The Labute approximate surface area is 106 Å². The number of hydrogen-bond acceptors (Lipinski definition) is 0. The van der Waals surface area contributed by atoms with Crippen molar-refractivity contribution in [2.75, 3.05) is 0 Å². The van der Waals surface area contributed by atoms with Crippen LogP contribution in [0.3, 0.4) is 0 Å². The first kappa shape index (κ1) is 15.2. The molecule has 0 N–H and O–H groups in total. The van der Waals surface area contributed by atoms with E-state index in [-0.39, 0.29) is 0 Å². The van der Waals surface area contributed by atoms with E-state index in [1.807, 2.05) is 56.4 Å². The molecule has 0 fully saturated rings. The SMILES string of the molecule is CC.CC1=CC=C=CC=C1.Cc1ccccc1. The van der Waals surface area contributed by atoms with Gasteiger partial charge in [0.25, 0.3) is 0 Å². The molecule has 1 aromatic rings. The Morgan fingerprint density at radius 1 is 0.882 bits per heavy atom. The number of hydrogen-bond donors (Lipinski definition) is 0. The van der Waals surface area contributed by atoms with Gasteiger partial charge >= 0.3 is 0 Å². The highest BCUT2D eigenvalue weighted by atomic mass is 13.8. The van der Waals surface area contributed by atoms with Gasteiger partial charge in [0.05, 0.1) is 0 Å². The second-order valence-electron chi connectivity index (χ2n) is 3.42. The van der Waals surface area contributed by atoms with E-state index in [0.29, 0.717) is 0 Å². The maximum atomic E-state index is 2.96. The molecule has 90 valence electrons. The van der Waals surface area contributed by atoms with Crippen molar-refractivity contribution in [2.45, 2.75) is 27.7 Å². The molecule has 0 nitrogen and oxygen atoms in total. The standard InChI is InChI=1S/C8H8.C7H8.C2H6/c1-8-6-4-2-3-5-7-8;1-7-5-3-2-4-6-7;1-2/h2,4-7H,1H3;2-6H,1H3;1-2H3. The third kappa shape index (κ3) is 9.17. The van der Waals surface area contributed by atoms with Gasteiger partial charge in [0, 0.05) is 0 Å². The molecule has 0 aromatic heterocycles. The maximum absolute atomic E-state index is 2.96. The van der Waals surface area contributed by atoms with Crippen LogP contribution in [0, 0.1) is 6.92 Å². The molecule has 0 unspecified atom stereocenters. The summed E-state index contributed by atoms with van der Waals surface area (Å²) in [5, 5.41) is 0. The van der Waals surface area contributed by atoms with Gasteiger partial charge in [0.1, 0.15) is 0 Å². The highest BCUT2D eigenvalue weighted by molar-refractivity contribution is 5.27. The molecule has 2 rings (SSSR count). The summed E-state index contributed by atoms with van der Waals surface area (Å²) in [4.78, 5) is 0. The van der Waals surface area contributed by atoms with E-state index in [1.165, 1.54) is 11.1 Å². The number of aryl methyl sites for hydroxylation is 1. The Balaban J connectivity index is 0.000000265. The number of rotatable bonds is 0. The highest BCUT2D eigenvalue weighted by Gasteiger charge is 1.76. The summed E-state index contributed by atoms with van der Waals surface area (Å²) < 4.78 is 0. The van der Waals surface area contributed by atoms with Gasteiger partial charge in [-0.15, -0.1) is 5.73 Å². The van der Waals surface area contributed by atoms with E-state index >= 15 is 0 Å². The summed E-state index contributed by atoms with van der Waals surface area (Å²) in [5.41, 5.74) is 5.56. The van der Waals surface area contributed by atoms with Gasteiger partial charge in [-0.25, -0.2) is 0 Å². The summed E-state index contributed by atoms with van der Waals surface area (Å²) >= 11 is 0. The van der Waals surface area contributed by atoms with Crippen molar-refractivity contribution in [3.05, 3.63) is 77.6 Å². The van der Waals surface area contributed by atoms with Gasteiger partial charge in [0.15, 0.2) is 0 Å². The molecule has 1 aliphatic carbocycles. The molecule has 0 saturated carbocycles. The Kier molecular flexibility index (Phi) is 9.61. The van der Waals surface area contributed by atoms with Crippen LogP contribution < -0.4 is 0 Å². The van der Waals surface area contributed by atoms with Crippen molar-refractivity contribution in [2.24, 2.45) is 0 Å². The van der Waals surface area contributed by atoms with E-state index in [4.69, 9.17) is 0 Å². The summed E-state index contributed by atoms with van der Waals surface area (Å²) in [6.45, 7) is 8.15. The Morgan fingerprint density at radius 3 is 2.06 bits per heavy atom. The van der Waals surface area contributed by atoms with Crippen LogP contribution in [0.5, 0.6) is 0 Å². The third-order valence-corrected chi connectivity index (χ3v) is 1.93. The normalized spacial score (nSPS) is 11.4. The molecule has 1 aromatic carbocycles. The van der Waals surface area contributed by atoms with Crippen LogP contribution in [0.2, 0.25) is 0 Å². The fourth-order valence-corrected chi connectivity index (χ4v) is 1.08. The molecule has 0 aliphatic heterocycles. The highest BCUT2D eigenvalue weighted by Crippen LogP contribution is 1.97. The van der Waals surface area contributed by atoms with Gasteiger partial charge in [-0.2, -0.15) is 0 Å². The predicted molar refractivity (Wildman–Crippen MR) is 78.1 cm³/mol. The van der Waals surface area contributed by atoms with E-state index in [0.717, 1.165) is 0 Å². The van der Waals surface area contributed by atoms with Crippen LogP contribution >= 0.6 is 0 Å². The largest absolute Gasteiger partial charge is 0.121 e. The zero-order valence-electron chi connectivity index (χ0n) is 11.3. The molecule has 0 radical (unpaired) electrons. The second kappa shape index (κ2) is 10.7. The lowest BCUT2D eigenvalue weighted by atomic mass is 10.2. The fraction of sp³-hybridized carbons (Fsp3) is 0.235. The quantitative estimate of drug-likeness (QED) is 0.531. The average Bonchev–Trinajstić information content (AvgIpc) is 2.61. The predicted octanol–water partition coefficient (Wildman–Crippen LogP) is 5.24. The smallest absolute Gasteiger partial charge is 0.0197 e. The van der Waals surface area contributed by atoms with Crippen LogP contribution in [0.4, 0.5) is 0 Å².